The van der Waals surface area contributed by atoms with Crippen LogP contribution in [0, 0.1) is 20.8 Å². The summed E-state index contributed by atoms with van der Waals surface area (Å²) in [4.78, 5) is 18.0. The molecule has 0 N–H and O–H groups in total. The number of rotatable bonds is 1. The van der Waals surface area contributed by atoms with Crippen molar-refractivity contribution in [2.45, 2.75) is 20.8 Å². The summed E-state index contributed by atoms with van der Waals surface area (Å²) in [5.74, 6) is 0.0279. The summed E-state index contributed by atoms with van der Waals surface area (Å²) in [6.07, 6.45) is 0. The molecule has 1 aliphatic carbocycles. The molecule has 2 heteroatoms. The van der Waals surface area contributed by atoms with E-state index in [1.165, 1.54) is 11.1 Å². The summed E-state index contributed by atoms with van der Waals surface area (Å²) in [6.45, 7) is 6.20. The predicted octanol–water partition coefficient (Wildman–Crippen LogP) is 6.04. The molecule has 0 saturated heterocycles. The van der Waals surface area contributed by atoms with Gasteiger partial charge in [-0.2, -0.15) is 0 Å². The Morgan fingerprint density at radius 3 is 2.11 bits per heavy atom. The monoisotopic (exact) mass is 349 g/mol. The van der Waals surface area contributed by atoms with Crippen LogP contribution in [0.1, 0.15) is 32.7 Å². The van der Waals surface area contributed by atoms with E-state index in [2.05, 4.69) is 56.3 Å². The normalized spacial score (nSPS) is 12.3. The van der Waals surface area contributed by atoms with Crippen molar-refractivity contribution in [3.63, 3.8) is 0 Å². The minimum Gasteiger partial charge on any atom is -0.287 e. The lowest BCUT2D eigenvalue weighted by atomic mass is 9.95. The Morgan fingerprint density at radius 2 is 1.37 bits per heavy atom. The maximum atomic E-state index is 13.1. The van der Waals surface area contributed by atoms with Gasteiger partial charge in [0.2, 0.25) is 5.78 Å². The Hall–Kier alpha value is -3.26. The molecule has 0 atom stereocenters. The van der Waals surface area contributed by atoms with E-state index in [0.29, 0.717) is 5.69 Å². The van der Waals surface area contributed by atoms with Crippen molar-refractivity contribution in [2.75, 3.05) is 0 Å². The molecule has 0 radical (unpaired) electrons. The van der Waals surface area contributed by atoms with Crippen LogP contribution in [0.2, 0.25) is 0 Å². The van der Waals surface area contributed by atoms with E-state index in [9.17, 15) is 4.79 Å². The zero-order valence-corrected chi connectivity index (χ0v) is 15.6. The van der Waals surface area contributed by atoms with Gasteiger partial charge in [-0.15, -0.1) is 0 Å². The highest BCUT2D eigenvalue weighted by Crippen LogP contribution is 2.43. The highest BCUT2D eigenvalue weighted by Gasteiger charge is 2.31. The van der Waals surface area contributed by atoms with E-state index < -0.39 is 0 Å². The molecule has 4 aromatic rings. The fraction of sp³-hybridized carbons (Fsp3) is 0.120. The second-order valence-electron chi connectivity index (χ2n) is 7.48. The van der Waals surface area contributed by atoms with Gasteiger partial charge in [-0.25, -0.2) is 4.98 Å². The molecular weight excluding hydrogens is 330 g/mol. The standard InChI is InChI=1S/C25H19NO/c1-14-8-9-19-21(13-14)25(27)24-22(19)18-6-4-5-7-20(18)23(26-24)17-11-15(2)10-16(3)12-17/h4-13H,1-3H3. The molecule has 27 heavy (non-hydrogen) atoms. The Bertz CT molecular complexity index is 1250. The summed E-state index contributed by atoms with van der Waals surface area (Å²) in [7, 11) is 0. The van der Waals surface area contributed by atoms with Gasteiger partial charge in [0, 0.05) is 22.1 Å². The van der Waals surface area contributed by atoms with Crippen molar-refractivity contribution in [1.82, 2.24) is 4.98 Å². The maximum Gasteiger partial charge on any atom is 0.212 e. The minimum atomic E-state index is 0.0279. The van der Waals surface area contributed by atoms with Gasteiger partial charge in [-0.3, -0.25) is 4.79 Å². The van der Waals surface area contributed by atoms with Crippen LogP contribution in [0.4, 0.5) is 0 Å². The third kappa shape index (κ3) is 2.33. The SMILES string of the molecule is Cc1cc(C)cc(-c2nc3c(c4ccccc24)-c2ccc(C)cc2C3=O)c1. The van der Waals surface area contributed by atoms with Crippen LogP contribution in [0.15, 0.2) is 60.7 Å². The number of hydrogen-bond donors (Lipinski definition) is 0. The van der Waals surface area contributed by atoms with Crippen LogP contribution in [-0.2, 0) is 0 Å². The van der Waals surface area contributed by atoms with Gasteiger partial charge in [0.1, 0.15) is 5.69 Å². The van der Waals surface area contributed by atoms with E-state index in [-0.39, 0.29) is 5.78 Å². The van der Waals surface area contributed by atoms with Crippen molar-refractivity contribution < 1.29 is 4.79 Å². The zero-order chi connectivity index (χ0) is 18.7. The van der Waals surface area contributed by atoms with E-state index in [0.717, 1.165) is 44.3 Å². The number of benzene rings is 3. The average Bonchev–Trinajstić information content (AvgIpc) is 2.92. The van der Waals surface area contributed by atoms with Crippen molar-refractivity contribution >= 4 is 16.6 Å². The van der Waals surface area contributed by atoms with Crippen LogP contribution < -0.4 is 0 Å². The summed E-state index contributed by atoms with van der Waals surface area (Å²) in [5.41, 5.74) is 8.73. The van der Waals surface area contributed by atoms with Crippen LogP contribution in [0.3, 0.4) is 0 Å². The first-order valence-corrected chi connectivity index (χ1v) is 9.20. The quantitative estimate of drug-likeness (QED) is 0.369. The molecule has 2 nitrogen and oxygen atoms in total. The number of carbonyl (C=O) groups excluding carboxylic acids is 1. The van der Waals surface area contributed by atoms with Gasteiger partial charge in [0.15, 0.2) is 0 Å². The van der Waals surface area contributed by atoms with Crippen molar-refractivity contribution in [3.8, 4) is 22.4 Å². The number of ketones is 1. The lowest BCUT2D eigenvalue weighted by molar-refractivity contribution is 0.103. The van der Waals surface area contributed by atoms with Gasteiger partial charge in [0.05, 0.1) is 5.69 Å². The lowest BCUT2D eigenvalue weighted by Gasteiger charge is -2.12. The molecule has 0 unspecified atom stereocenters. The molecule has 1 aliphatic rings. The van der Waals surface area contributed by atoms with Crippen molar-refractivity contribution in [3.05, 3.63) is 88.6 Å². The van der Waals surface area contributed by atoms with Crippen molar-refractivity contribution in [1.29, 1.82) is 0 Å². The van der Waals surface area contributed by atoms with Gasteiger partial charge in [-0.05, 0) is 49.9 Å². The maximum absolute atomic E-state index is 13.1. The number of carbonyl (C=O) groups is 1. The molecule has 0 amide bonds. The van der Waals surface area contributed by atoms with Gasteiger partial charge in [0.25, 0.3) is 0 Å². The molecular formula is C25H19NO. The first-order chi connectivity index (χ1) is 13.0. The predicted molar refractivity (Wildman–Crippen MR) is 110 cm³/mol. The topological polar surface area (TPSA) is 30.0 Å². The second-order valence-corrected chi connectivity index (χ2v) is 7.48. The number of nitrogens with zero attached hydrogens (tertiary/aromatic N) is 1. The molecule has 3 aromatic carbocycles. The highest BCUT2D eigenvalue weighted by atomic mass is 16.1. The third-order valence-electron chi connectivity index (χ3n) is 5.31. The molecule has 0 bridgehead atoms. The van der Waals surface area contributed by atoms with E-state index in [4.69, 9.17) is 4.98 Å². The smallest absolute Gasteiger partial charge is 0.212 e. The van der Waals surface area contributed by atoms with Gasteiger partial charge < -0.3 is 0 Å². The number of hydrogen-bond acceptors (Lipinski definition) is 2. The number of fused-ring (bicyclic) bond motifs is 5. The fourth-order valence-corrected chi connectivity index (χ4v) is 4.22. The number of aromatic nitrogens is 1. The second kappa shape index (κ2) is 5.62. The van der Waals surface area contributed by atoms with Crippen LogP contribution in [-0.4, -0.2) is 10.8 Å². The Labute approximate surface area is 158 Å². The molecule has 0 aliphatic heterocycles. The Morgan fingerprint density at radius 1 is 0.667 bits per heavy atom. The summed E-state index contributed by atoms with van der Waals surface area (Å²) in [5, 5.41) is 2.18. The van der Waals surface area contributed by atoms with E-state index in [1.54, 1.807) is 0 Å². The summed E-state index contributed by atoms with van der Waals surface area (Å²) >= 11 is 0. The molecule has 1 aromatic heterocycles. The van der Waals surface area contributed by atoms with E-state index >= 15 is 0 Å². The molecule has 0 spiro atoms. The molecule has 130 valence electrons. The Balaban J connectivity index is 1.90. The third-order valence-corrected chi connectivity index (χ3v) is 5.31. The number of aryl methyl sites for hydroxylation is 3. The van der Waals surface area contributed by atoms with Crippen molar-refractivity contribution in [2.24, 2.45) is 0 Å². The lowest BCUT2D eigenvalue weighted by Crippen LogP contribution is -2.01. The molecule has 0 saturated carbocycles. The first kappa shape index (κ1) is 16.0. The van der Waals surface area contributed by atoms with E-state index in [1.807, 2.05) is 25.1 Å². The van der Waals surface area contributed by atoms with Gasteiger partial charge >= 0.3 is 0 Å². The van der Waals surface area contributed by atoms with Crippen LogP contribution >= 0.6 is 0 Å². The molecule has 1 heterocycles. The Kier molecular flexibility index (Phi) is 3.32. The van der Waals surface area contributed by atoms with Crippen LogP contribution in [0.25, 0.3) is 33.2 Å². The zero-order valence-electron chi connectivity index (χ0n) is 15.6. The minimum absolute atomic E-state index is 0.0279. The molecule has 0 fully saturated rings. The number of pyridine rings is 1. The van der Waals surface area contributed by atoms with Crippen LogP contribution in [0.5, 0.6) is 0 Å². The molecule has 5 rings (SSSR count). The largest absolute Gasteiger partial charge is 0.287 e. The van der Waals surface area contributed by atoms with Gasteiger partial charge in [-0.1, -0.05) is 59.2 Å². The first-order valence-electron chi connectivity index (χ1n) is 9.20. The highest BCUT2D eigenvalue weighted by molar-refractivity contribution is 6.26. The fourth-order valence-electron chi connectivity index (χ4n) is 4.22. The average molecular weight is 349 g/mol. The summed E-state index contributed by atoms with van der Waals surface area (Å²) < 4.78 is 0. The summed E-state index contributed by atoms with van der Waals surface area (Å²) in [6, 6.07) is 20.8.